The second-order valence-corrected chi connectivity index (χ2v) is 16.1. The van der Waals surface area contributed by atoms with E-state index in [2.05, 4.69) is 216 Å². The Morgan fingerprint density at radius 3 is 1.57 bits per heavy atom. The lowest BCUT2D eigenvalue weighted by Crippen LogP contribution is -2.36. The Balaban J connectivity index is 1.07. The van der Waals surface area contributed by atoms with Crippen LogP contribution < -0.4 is 4.90 Å². The van der Waals surface area contributed by atoms with E-state index in [9.17, 15) is 0 Å². The van der Waals surface area contributed by atoms with Gasteiger partial charge in [0.05, 0.1) is 22.2 Å². The SMILES string of the molecule is c1ccc(N2c3ccccc3C3(c4ccccc4-c4ccc(-c5cccc(C6(c7cccn8ncnc78)c7ccccc7-c7ccccc76)c5)cc43)c3ccccc32)cc1. The molecule has 13 rings (SSSR count). The van der Waals surface area contributed by atoms with Crippen molar-refractivity contribution in [2.75, 3.05) is 4.90 Å². The molecule has 0 amide bonds. The van der Waals surface area contributed by atoms with Gasteiger partial charge in [-0.2, -0.15) is 5.10 Å². The molecule has 4 nitrogen and oxygen atoms in total. The summed E-state index contributed by atoms with van der Waals surface area (Å²) in [6.07, 6.45) is 3.65. The Kier molecular flexibility index (Phi) is 6.83. The predicted molar refractivity (Wildman–Crippen MR) is 241 cm³/mol. The maximum absolute atomic E-state index is 4.88. The Bertz CT molecular complexity index is 3270. The average molecular weight is 765 g/mol. The van der Waals surface area contributed by atoms with Gasteiger partial charge in [0.1, 0.15) is 6.33 Å². The van der Waals surface area contributed by atoms with Crippen molar-refractivity contribution in [1.29, 1.82) is 0 Å². The van der Waals surface area contributed by atoms with E-state index in [4.69, 9.17) is 4.98 Å². The molecule has 0 fully saturated rings. The van der Waals surface area contributed by atoms with Gasteiger partial charge in [-0.3, -0.25) is 0 Å². The van der Waals surface area contributed by atoms with Gasteiger partial charge in [-0.1, -0.05) is 164 Å². The summed E-state index contributed by atoms with van der Waals surface area (Å²) < 4.78 is 1.90. The monoisotopic (exact) mass is 764 g/mol. The fourth-order valence-electron chi connectivity index (χ4n) is 11.2. The summed E-state index contributed by atoms with van der Waals surface area (Å²) in [6.45, 7) is 0. The van der Waals surface area contributed by atoms with Crippen molar-refractivity contribution in [3.05, 3.63) is 263 Å². The summed E-state index contributed by atoms with van der Waals surface area (Å²) in [5, 5.41) is 4.60. The van der Waals surface area contributed by atoms with Crippen LogP contribution in [0.4, 0.5) is 17.1 Å². The van der Waals surface area contributed by atoms with Crippen molar-refractivity contribution in [1.82, 2.24) is 14.6 Å². The van der Waals surface area contributed by atoms with Gasteiger partial charge < -0.3 is 4.90 Å². The number of para-hydroxylation sites is 3. The quantitative estimate of drug-likeness (QED) is 0.179. The molecule has 3 aliphatic rings. The lowest BCUT2D eigenvalue weighted by atomic mass is 9.64. The Morgan fingerprint density at radius 2 is 0.900 bits per heavy atom. The third kappa shape index (κ3) is 4.19. The molecule has 0 bridgehead atoms. The van der Waals surface area contributed by atoms with E-state index < -0.39 is 10.8 Å². The molecule has 0 atom stereocenters. The molecule has 10 aromatic rings. The summed E-state index contributed by atoms with van der Waals surface area (Å²) in [5.74, 6) is 0. The van der Waals surface area contributed by atoms with Crippen molar-refractivity contribution in [2.24, 2.45) is 0 Å². The van der Waals surface area contributed by atoms with Crippen LogP contribution in [0.2, 0.25) is 0 Å². The fraction of sp³-hybridized carbons (Fsp3) is 0.0357. The van der Waals surface area contributed by atoms with E-state index in [-0.39, 0.29) is 0 Å². The normalized spacial score (nSPS) is 14.6. The minimum atomic E-state index is -0.630. The first-order chi connectivity index (χ1) is 29.8. The van der Waals surface area contributed by atoms with Crippen LogP contribution in [-0.2, 0) is 10.8 Å². The molecule has 4 heteroatoms. The zero-order valence-corrected chi connectivity index (χ0v) is 32.6. The van der Waals surface area contributed by atoms with Crippen LogP contribution in [-0.4, -0.2) is 14.6 Å². The zero-order chi connectivity index (χ0) is 39.4. The maximum atomic E-state index is 4.88. The third-order valence-electron chi connectivity index (χ3n) is 13.4. The molecule has 1 spiro atoms. The molecular formula is C56H36N4. The summed E-state index contributed by atoms with van der Waals surface area (Å²) in [6, 6.07) is 76.4. The van der Waals surface area contributed by atoms with E-state index in [1.807, 2.05) is 10.7 Å². The first kappa shape index (κ1) is 33.2. The molecule has 60 heavy (non-hydrogen) atoms. The minimum Gasteiger partial charge on any atom is -0.310 e. The molecule has 3 heterocycles. The van der Waals surface area contributed by atoms with Gasteiger partial charge in [-0.25, -0.2) is 9.50 Å². The molecule has 280 valence electrons. The van der Waals surface area contributed by atoms with Gasteiger partial charge in [-0.05, 0) is 115 Å². The number of aromatic nitrogens is 3. The van der Waals surface area contributed by atoms with Crippen LogP contribution >= 0.6 is 0 Å². The second kappa shape index (κ2) is 12.3. The fourth-order valence-corrected chi connectivity index (χ4v) is 11.2. The van der Waals surface area contributed by atoms with E-state index in [1.165, 1.54) is 83.7 Å². The number of pyridine rings is 1. The van der Waals surface area contributed by atoms with Gasteiger partial charge in [-0.15, -0.1) is 0 Å². The lowest BCUT2D eigenvalue weighted by Gasteiger charge is -2.45. The van der Waals surface area contributed by atoms with Crippen LogP contribution in [0.1, 0.15) is 44.5 Å². The number of hydrogen-bond acceptors (Lipinski definition) is 3. The standard InChI is InChI=1S/C56H36N4/c1-2-18-40(19-3-1)60-52-29-12-10-26-48(52)56(49-27-11-13-30-53(49)60)47-25-9-6-22-43(47)44-32-31-38(35-51(44)56)37-16-14-17-39(34-37)55(50-28-15-33-59-54(50)57-36-58-59)45-23-7-4-20-41(45)42-21-5-8-24-46(42)55/h1-36H. The molecule has 0 radical (unpaired) electrons. The summed E-state index contributed by atoms with van der Waals surface area (Å²) >= 11 is 0. The van der Waals surface area contributed by atoms with Gasteiger partial charge in [0.25, 0.3) is 0 Å². The first-order valence-corrected chi connectivity index (χ1v) is 20.7. The molecule has 0 saturated carbocycles. The number of anilines is 3. The number of fused-ring (bicyclic) bond motifs is 13. The smallest absolute Gasteiger partial charge is 0.160 e. The molecule has 1 aliphatic heterocycles. The van der Waals surface area contributed by atoms with Crippen LogP contribution in [0.5, 0.6) is 0 Å². The molecule has 2 aliphatic carbocycles. The minimum absolute atomic E-state index is 0.536. The lowest BCUT2D eigenvalue weighted by molar-refractivity contribution is 0.753. The average Bonchev–Trinajstić information content (AvgIpc) is 4.01. The van der Waals surface area contributed by atoms with Gasteiger partial charge >= 0.3 is 0 Å². The van der Waals surface area contributed by atoms with Gasteiger partial charge in [0, 0.05) is 17.4 Å². The Hall–Kier alpha value is -7.82. The second-order valence-electron chi connectivity index (χ2n) is 16.1. The van der Waals surface area contributed by atoms with Crippen LogP contribution in [0, 0.1) is 0 Å². The Morgan fingerprint density at radius 1 is 0.367 bits per heavy atom. The molecule has 0 saturated heterocycles. The summed E-state index contributed by atoms with van der Waals surface area (Å²) in [7, 11) is 0. The number of hydrogen-bond donors (Lipinski definition) is 0. The van der Waals surface area contributed by atoms with E-state index in [0.29, 0.717) is 0 Å². The number of benzene rings is 8. The molecule has 8 aromatic carbocycles. The Labute approximate surface area is 348 Å². The number of rotatable bonds is 4. The van der Waals surface area contributed by atoms with Gasteiger partial charge in [0.15, 0.2) is 5.65 Å². The van der Waals surface area contributed by atoms with Crippen LogP contribution in [0.3, 0.4) is 0 Å². The topological polar surface area (TPSA) is 33.4 Å². The third-order valence-corrected chi connectivity index (χ3v) is 13.4. The van der Waals surface area contributed by atoms with E-state index in [1.54, 1.807) is 6.33 Å². The first-order valence-electron chi connectivity index (χ1n) is 20.7. The van der Waals surface area contributed by atoms with Crippen LogP contribution in [0.15, 0.2) is 219 Å². The highest BCUT2D eigenvalue weighted by Gasteiger charge is 2.52. The van der Waals surface area contributed by atoms with Crippen molar-refractivity contribution < 1.29 is 0 Å². The van der Waals surface area contributed by atoms with Crippen molar-refractivity contribution in [3.8, 4) is 33.4 Å². The highest BCUT2D eigenvalue weighted by Crippen LogP contribution is 2.64. The van der Waals surface area contributed by atoms with Crippen molar-refractivity contribution in [3.63, 3.8) is 0 Å². The summed E-state index contributed by atoms with van der Waals surface area (Å²) in [4.78, 5) is 7.32. The zero-order valence-electron chi connectivity index (χ0n) is 32.6. The van der Waals surface area contributed by atoms with Crippen molar-refractivity contribution in [2.45, 2.75) is 10.8 Å². The van der Waals surface area contributed by atoms with Gasteiger partial charge in [0.2, 0.25) is 0 Å². The van der Waals surface area contributed by atoms with Crippen LogP contribution in [0.25, 0.3) is 39.0 Å². The highest BCUT2D eigenvalue weighted by molar-refractivity contribution is 5.97. The van der Waals surface area contributed by atoms with Crippen molar-refractivity contribution >= 4 is 22.7 Å². The molecular weight excluding hydrogens is 729 g/mol. The highest BCUT2D eigenvalue weighted by atomic mass is 15.3. The van der Waals surface area contributed by atoms with E-state index in [0.717, 1.165) is 16.9 Å². The number of nitrogens with zero attached hydrogens (tertiary/aromatic N) is 4. The maximum Gasteiger partial charge on any atom is 0.160 e. The molecule has 2 aromatic heterocycles. The summed E-state index contributed by atoms with van der Waals surface area (Å²) in [5.41, 5.74) is 20.6. The largest absolute Gasteiger partial charge is 0.310 e. The predicted octanol–water partition coefficient (Wildman–Crippen LogP) is 12.9. The molecule has 0 unspecified atom stereocenters. The van der Waals surface area contributed by atoms with E-state index >= 15 is 0 Å². The molecule has 0 N–H and O–H groups in total.